The van der Waals surface area contributed by atoms with Crippen molar-refractivity contribution in [3.63, 3.8) is 0 Å². The number of hydrogen-bond donors (Lipinski definition) is 0. The summed E-state index contributed by atoms with van der Waals surface area (Å²) in [5.74, 6) is 2.27. The molecule has 1 aromatic carbocycles. The van der Waals surface area contributed by atoms with Crippen LogP contribution in [0.3, 0.4) is 0 Å². The Morgan fingerprint density at radius 3 is 2.57 bits per heavy atom. The topological polar surface area (TPSA) is 87.3 Å². The number of ether oxygens (including phenoxy) is 2. The molecule has 9 heteroatoms. The summed E-state index contributed by atoms with van der Waals surface area (Å²) < 4.78 is 15.5. The quantitative estimate of drug-likeness (QED) is 0.406. The molecule has 1 fully saturated rings. The lowest BCUT2D eigenvalue weighted by Crippen LogP contribution is -2.41. The number of rotatable bonds is 7. The van der Waals surface area contributed by atoms with Crippen LogP contribution in [0.1, 0.15) is 36.1 Å². The fourth-order valence-corrected chi connectivity index (χ4v) is 4.78. The highest BCUT2D eigenvalue weighted by atomic mass is 16.5. The van der Waals surface area contributed by atoms with E-state index in [1.54, 1.807) is 18.0 Å². The fourth-order valence-electron chi connectivity index (χ4n) is 4.78. The van der Waals surface area contributed by atoms with Gasteiger partial charge in [0.1, 0.15) is 24.5 Å². The second kappa shape index (κ2) is 9.77. The number of aryl methyl sites for hydroxylation is 2. The molecule has 4 aromatic rings. The third-order valence-electron chi connectivity index (χ3n) is 6.52. The van der Waals surface area contributed by atoms with Gasteiger partial charge in [-0.3, -0.25) is 9.48 Å². The third-order valence-corrected chi connectivity index (χ3v) is 6.52. The largest absolute Gasteiger partial charge is 0.493 e. The van der Waals surface area contributed by atoms with Gasteiger partial charge in [0.2, 0.25) is 5.91 Å². The van der Waals surface area contributed by atoms with E-state index in [0.717, 1.165) is 41.2 Å². The molecule has 0 radical (unpaired) electrons. The molecule has 182 valence electrons. The number of aromatic nitrogens is 5. The number of piperidine rings is 1. The minimum Gasteiger partial charge on any atom is -0.493 e. The first-order valence-electron chi connectivity index (χ1n) is 11.9. The number of benzene rings is 1. The molecule has 1 saturated heterocycles. The molecule has 1 aliphatic heterocycles. The Balaban J connectivity index is 1.31. The van der Waals surface area contributed by atoms with Gasteiger partial charge in [-0.15, -0.1) is 0 Å². The van der Waals surface area contributed by atoms with Gasteiger partial charge in [0.05, 0.1) is 12.8 Å². The van der Waals surface area contributed by atoms with Crippen molar-refractivity contribution in [3.8, 4) is 11.5 Å². The molecule has 9 nitrogen and oxygen atoms in total. The summed E-state index contributed by atoms with van der Waals surface area (Å²) in [6, 6.07) is 13.6. The fraction of sp³-hybridized carbons (Fsp3) is 0.385. The highest BCUT2D eigenvalue weighted by molar-refractivity contribution is 5.76. The lowest BCUT2D eigenvalue weighted by molar-refractivity contribution is -0.133. The number of carbonyl (C=O) groups excluding carboxylic acids is 1. The van der Waals surface area contributed by atoms with Crippen molar-refractivity contribution in [3.05, 3.63) is 65.9 Å². The molecule has 4 heterocycles. The van der Waals surface area contributed by atoms with Crippen molar-refractivity contribution >= 4 is 17.1 Å². The highest BCUT2D eigenvalue weighted by Gasteiger charge is 2.28. The van der Waals surface area contributed by atoms with Gasteiger partial charge in [0.15, 0.2) is 17.1 Å². The Morgan fingerprint density at radius 1 is 1.09 bits per heavy atom. The van der Waals surface area contributed by atoms with Gasteiger partial charge in [0.25, 0.3) is 0 Å². The number of fused-ring (bicyclic) bond motifs is 1. The molecule has 3 aromatic heterocycles. The average molecular weight is 475 g/mol. The summed E-state index contributed by atoms with van der Waals surface area (Å²) in [4.78, 5) is 24.3. The van der Waals surface area contributed by atoms with Crippen LogP contribution >= 0.6 is 0 Å². The number of likely N-dealkylation sites (tertiary alicyclic amines) is 1. The van der Waals surface area contributed by atoms with Crippen LogP contribution in [-0.2, 0) is 17.9 Å². The van der Waals surface area contributed by atoms with E-state index in [2.05, 4.69) is 14.6 Å². The molecule has 0 spiro atoms. The van der Waals surface area contributed by atoms with Crippen molar-refractivity contribution in [1.29, 1.82) is 0 Å². The molecule has 0 aliphatic carbocycles. The van der Waals surface area contributed by atoms with E-state index in [4.69, 9.17) is 14.5 Å². The number of hydrogen-bond acceptors (Lipinski definition) is 6. The van der Waals surface area contributed by atoms with Crippen LogP contribution in [0.2, 0.25) is 0 Å². The SMILES string of the molecule is COc1ccccc1OCc1nc2cccnc2n1C1CCN(C(=O)Cn2nc(C)cc2C)CC1. The van der Waals surface area contributed by atoms with Crippen LogP contribution in [-0.4, -0.2) is 55.3 Å². The number of methoxy groups -OCH3 is 1. The molecule has 0 unspecified atom stereocenters. The minimum absolute atomic E-state index is 0.1000. The Labute approximate surface area is 204 Å². The summed E-state index contributed by atoms with van der Waals surface area (Å²) in [5, 5.41) is 4.43. The molecule has 0 N–H and O–H groups in total. The van der Waals surface area contributed by atoms with Crippen LogP contribution in [0.15, 0.2) is 48.7 Å². The second-order valence-electron chi connectivity index (χ2n) is 8.88. The average Bonchev–Trinajstić information content (AvgIpc) is 3.41. The third kappa shape index (κ3) is 4.71. The number of pyridine rings is 1. The van der Waals surface area contributed by atoms with Crippen LogP contribution in [0, 0.1) is 13.8 Å². The van der Waals surface area contributed by atoms with E-state index in [9.17, 15) is 4.79 Å². The summed E-state index contributed by atoms with van der Waals surface area (Å²) in [7, 11) is 1.63. The predicted molar refractivity (Wildman–Crippen MR) is 131 cm³/mol. The van der Waals surface area contributed by atoms with E-state index >= 15 is 0 Å². The van der Waals surface area contributed by atoms with Crippen molar-refractivity contribution in [2.75, 3.05) is 20.2 Å². The second-order valence-corrected chi connectivity index (χ2v) is 8.88. The Kier molecular flexibility index (Phi) is 6.39. The van der Waals surface area contributed by atoms with Crippen molar-refractivity contribution < 1.29 is 14.3 Å². The number of para-hydroxylation sites is 2. The van der Waals surface area contributed by atoms with Gasteiger partial charge in [0, 0.05) is 31.0 Å². The van der Waals surface area contributed by atoms with E-state index in [1.807, 2.05) is 61.2 Å². The number of amides is 1. The Morgan fingerprint density at radius 2 is 1.86 bits per heavy atom. The Hall–Kier alpha value is -3.88. The lowest BCUT2D eigenvalue weighted by Gasteiger charge is -2.33. The summed E-state index contributed by atoms with van der Waals surface area (Å²) in [6.45, 7) is 5.86. The highest BCUT2D eigenvalue weighted by Crippen LogP contribution is 2.30. The smallest absolute Gasteiger partial charge is 0.244 e. The molecule has 5 rings (SSSR count). The molecule has 0 saturated carbocycles. The standard InChI is InChI=1S/C26H30N6O3/c1-18-15-19(2)31(29-18)16-25(33)30-13-10-20(11-14-30)32-24(28-21-7-6-12-27-26(21)32)17-35-23-9-5-4-8-22(23)34-3/h4-9,12,15,20H,10-11,13-14,16-17H2,1-3H3. The van der Waals surface area contributed by atoms with E-state index < -0.39 is 0 Å². The zero-order valence-electron chi connectivity index (χ0n) is 20.3. The maximum absolute atomic E-state index is 12.9. The maximum atomic E-state index is 12.9. The van der Waals surface area contributed by atoms with E-state index in [-0.39, 0.29) is 18.5 Å². The molecule has 0 atom stereocenters. The lowest BCUT2D eigenvalue weighted by atomic mass is 10.0. The van der Waals surface area contributed by atoms with Gasteiger partial charge in [-0.2, -0.15) is 5.10 Å². The number of nitrogens with zero attached hydrogens (tertiary/aromatic N) is 6. The van der Waals surface area contributed by atoms with E-state index in [0.29, 0.717) is 31.2 Å². The van der Waals surface area contributed by atoms with Crippen molar-refractivity contribution in [2.24, 2.45) is 0 Å². The van der Waals surface area contributed by atoms with Gasteiger partial charge in [-0.25, -0.2) is 9.97 Å². The summed E-state index contributed by atoms with van der Waals surface area (Å²) >= 11 is 0. The first kappa shape index (κ1) is 22.9. The number of carbonyl (C=O) groups is 1. The first-order chi connectivity index (χ1) is 17.0. The summed E-state index contributed by atoms with van der Waals surface area (Å²) in [6.07, 6.45) is 3.44. The minimum atomic E-state index is 0.1000. The zero-order valence-corrected chi connectivity index (χ0v) is 20.3. The molecular formula is C26H30N6O3. The molecule has 1 amide bonds. The van der Waals surface area contributed by atoms with Gasteiger partial charge in [-0.1, -0.05) is 12.1 Å². The Bertz CT molecular complexity index is 1340. The zero-order chi connectivity index (χ0) is 24.4. The van der Waals surface area contributed by atoms with Crippen molar-refractivity contribution in [1.82, 2.24) is 29.2 Å². The predicted octanol–water partition coefficient (Wildman–Crippen LogP) is 3.70. The first-order valence-corrected chi connectivity index (χ1v) is 11.9. The van der Waals surface area contributed by atoms with Crippen LogP contribution < -0.4 is 9.47 Å². The van der Waals surface area contributed by atoms with E-state index in [1.165, 1.54) is 0 Å². The molecular weight excluding hydrogens is 444 g/mol. The normalized spacial score (nSPS) is 14.4. The van der Waals surface area contributed by atoms with Gasteiger partial charge < -0.3 is 18.9 Å². The van der Waals surface area contributed by atoms with Crippen molar-refractivity contribution in [2.45, 2.75) is 45.9 Å². The molecule has 0 bridgehead atoms. The molecule has 1 aliphatic rings. The van der Waals surface area contributed by atoms with Gasteiger partial charge in [-0.05, 0) is 57.0 Å². The maximum Gasteiger partial charge on any atom is 0.244 e. The number of imidazole rings is 1. The molecule has 35 heavy (non-hydrogen) atoms. The van der Waals surface area contributed by atoms with Crippen LogP contribution in [0.25, 0.3) is 11.2 Å². The van der Waals surface area contributed by atoms with Crippen LogP contribution in [0.4, 0.5) is 0 Å². The summed E-state index contributed by atoms with van der Waals surface area (Å²) in [5.41, 5.74) is 3.62. The monoisotopic (exact) mass is 474 g/mol. The van der Waals surface area contributed by atoms with Gasteiger partial charge >= 0.3 is 0 Å². The van der Waals surface area contributed by atoms with Crippen LogP contribution in [0.5, 0.6) is 11.5 Å².